The molecule has 0 heterocycles. The largest absolute Gasteiger partial charge is 0.310 e. The van der Waals surface area contributed by atoms with Crippen molar-refractivity contribution < 1.29 is 0 Å². The van der Waals surface area contributed by atoms with Gasteiger partial charge in [0.25, 0.3) is 0 Å². The molecule has 1 nitrogen and oxygen atoms in total. The molecule has 0 bridgehead atoms. The number of hydrogen-bond acceptors (Lipinski definition) is 3. The molecule has 27 heavy (non-hydrogen) atoms. The van der Waals surface area contributed by atoms with E-state index in [9.17, 15) is 0 Å². The minimum Gasteiger partial charge on any atom is -0.310 e. The topological polar surface area (TPSA) is 23.9 Å². The van der Waals surface area contributed by atoms with Gasteiger partial charge in [-0.3, -0.25) is 0 Å². The van der Waals surface area contributed by atoms with Crippen molar-refractivity contribution in [3.8, 4) is 0 Å². The Labute approximate surface area is 177 Å². The molecule has 4 atom stereocenters. The zero-order valence-electron chi connectivity index (χ0n) is 17.9. The van der Waals surface area contributed by atoms with Crippen LogP contribution in [0.1, 0.15) is 97.3 Å². The molecular formula is C24H43NS2. The normalized spacial score (nSPS) is 27.0. The van der Waals surface area contributed by atoms with Gasteiger partial charge in [-0.1, -0.05) is 26.0 Å². The van der Waals surface area contributed by atoms with Gasteiger partial charge in [0.1, 0.15) is 0 Å². The fourth-order valence-electron chi connectivity index (χ4n) is 3.96. The van der Waals surface area contributed by atoms with E-state index >= 15 is 0 Å². The average molecular weight is 410 g/mol. The summed E-state index contributed by atoms with van der Waals surface area (Å²) in [6, 6.07) is 0. The van der Waals surface area contributed by atoms with Crippen LogP contribution in [0.2, 0.25) is 0 Å². The van der Waals surface area contributed by atoms with Gasteiger partial charge in [-0.25, -0.2) is 0 Å². The number of thioether (sulfide) groups is 2. The number of hydrogen-bond donors (Lipinski definition) is 1. The Morgan fingerprint density at radius 3 is 1.74 bits per heavy atom. The fraction of sp³-hybridized carbons (Fsp3) is 0.875. The van der Waals surface area contributed by atoms with Gasteiger partial charge >= 0.3 is 0 Å². The second-order valence-corrected chi connectivity index (χ2v) is 11.7. The van der Waals surface area contributed by atoms with E-state index in [-0.39, 0.29) is 0 Å². The quantitative estimate of drug-likeness (QED) is 0.158. The lowest BCUT2D eigenvalue weighted by molar-refractivity contribution is 0.362. The number of nitrogens with one attached hydrogen (secondary N) is 1. The van der Waals surface area contributed by atoms with Crippen LogP contribution in [0.3, 0.4) is 0 Å². The summed E-state index contributed by atoms with van der Waals surface area (Å²) in [6.45, 7) is 9.06. The van der Waals surface area contributed by atoms with Gasteiger partial charge in [0.15, 0.2) is 0 Å². The first kappa shape index (κ1) is 23.4. The van der Waals surface area contributed by atoms with Crippen LogP contribution >= 0.6 is 23.5 Å². The second-order valence-electron chi connectivity index (χ2n) is 9.05. The Morgan fingerprint density at radius 1 is 0.741 bits per heavy atom. The molecular weight excluding hydrogens is 366 g/mol. The smallest absolute Gasteiger partial charge is 0.00894 e. The van der Waals surface area contributed by atoms with Crippen LogP contribution in [0, 0.1) is 17.2 Å². The first-order valence-corrected chi connectivity index (χ1v) is 13.6. The van der Waals surface area contributed by atoms with E-state index in [0.29, 0.717) is 0 Å². The summed E-state index contributed by atoms with van der Waals surface area (Å²) >= 11 is 4.36. The van der Waals surface area contributed by atoms with E-state index in [1.54, 1.807) is 0 Å². The lowest BCUT2D eigenvalue weighted by Crippen LogP contribution is -2.25. The van der Waals surface area contributed by atoms with E-state index in [1.165, 1.54) is 87.7 Å². The third-order valence-electron chi connectivity index (χ3n) is 6.55. The predicted molar refractivity (Wildman–Crippen MR) is 128 cm³/mol. The van der Waals surface area contributed by atoms with Gasteiger partial charge in [0.2, 0.25) is 0 Å². The molecule has 0 aromatic rings. The molecule has 0 amide bonds. The van der Waals surface area contributed by atoms with Crippen molar-refractivity contribution >= 4 is 29.2 Å². The van der Waals surface area contributed by atoms with E-state index in [0.717, 1.165) is 40.9 Å². The molecule has 0 aromatic heterocycles. The lowest BCUT2D eigenvalue weighted by Gasteiger charge is -2.33. The van der Waals surface area contributed by atoms with Crippen LogP contribution in [-0.4, -0.2) is 27.7 Å². The van der Waals surface area contributed by atoms with Crippen LogP contribution in [0.5, 0.6) is 0 Å². The summed E-state index contributed by atoms with van der Waals surface area (Å²) in [6.07, 6.45) is 16.5. The third-order valence-corrected chi connectivity index (χ3v) is 9.86. The molecule has 2 fully saturated rings. The van der Waals surface area contributed by atoms with Crippen LogP contribution in [-0.2, 0) is 0 Å². The van der Waals surface area contributed by atoms with Crippen molar-refractivity contribution in [2.45, 2.75) is 108 Å². The van der Waals surface area contributed by atoms with E-state index < -0.39 is 0 Å². The zero-order valence-corrected chi connectivity index (χ0v) is 19.6. The molecule has 4 unspecified atom stereocenters. The molecule has 2 rings (SSSR count). The van der Waals surface area contributed by atoms with Crippen molar-refractivity contribution in [2.75, 3.05) is 11.5 Å². The minimum absolute atomic E-state index is 0.922. The molecule has 2 aliphatic rings. The maximum Gasteiger partial charge on any atom is 0.00894 e. The predicted octanol–water partition coefficient (Wildman–Crippen LogP) is 8.14. The van der Waals surface area contributed by atoms with Crippen molar-refractivity contribution in [3.05, 3.63) is 12.2 Å². The summed E-state index contributed by atoms with van der Waals surface area (Å²) in [4.78, 5) is 0. The van der Waals surface area contributed by atoms with Gasteiger partial charge in [-0.2, -0.15) is 23.5 Å². The third kappa shape index (κ3) is 9.43. The summed E-state index contributed by atoms with van der Waals surface area (Å²) in [5, 5.41) is 10.0. The molecule has 156 valence electrons. The fourth-order valence-corrected chi connectivity index (χ4v) is 6.78. The summed E-state index contributed by atoms with van der Waals surface area (Å²) in [5.74, 6) is 4.51. The van der Waals surface area contributed by atoms with E-state index in [1.807, 2.05) is 0 Å². The van der Waals surface area contributed by atoms with Crippen LogP contribution < -0.4 is 0 Å². The first-order valence-electron chi connectivity index (χ1n) is 11.5. The second kappa shape index (κ2) is 13.4. The van der Waals surface area contributed by atoms with Crippen molar-refractivity contribution in [2.24, 2.45) is 11.8 Å². The SMILES string of the molecule is C=C(CCCCSC1CCC1C)CCCCC(=N)CCCSC1CCC1C. The molecule has 0 spiro atoms. The first-order chi connectivity index (χ1) is 13.1. The highest BCUT2D eigenvalue weighted by Crippen LogP contribution is 2.38. The van der Waals surface area contributed by atoms with Crippen LogP contribution in [0.25, 0.3) is 0 Å². The Kier molecular flexibility index (Phi) is 11.6. The monoisotopic (exact) mass is 409 g/mol. The summed E-state index contributed by atoms with van der Waals surface area (Å²) in [7, 11) is 0. The lowest BCUT2D eigenvalue weighted by atomic mass is 9.87. The molecule has 0 aromatic carbocycles. The highest BCUT2D eigenvalue weighted by Gasteiger charge is 2.27. The maximum absolute atomic E-state index is 8.15. The van der Waals surface area contributed by atoms with E-state index in [4.69, 9.17) is 5.41 Å². The summed E-state index contributed by atoms with van der Waals surface area (Å²) in [5.41, 5.74) is 2.42. The molecule has 0 aliphatic heterocycles. The minimum atomic E-state index is 0.922. The Balaban J connectivity index is 1.33. The van der Waals surface area contributed by atoms with Crippen LogP contribution in [0.4, 0.5) is 0 Å². The molecule has 2 saturated carbocycles. The van der Waals surface area contributed by atoms with Crippen molar-refractivity contribution in [3.63, 3.8) is 0 Å². The molecule has 2 aliphatic carbocycles. The molecule has 1 N–H and O–H groups in total. The summed E-state index contributed by atoms with van der Waals surface area (Å²) < 4.78 is 0. The van der Waals surface area contributed by atoms with Gasteiger partial charge in [0.05, 0.1) is 0 Å². The number of allylic oxidation sites excluding steroid dienone is 1. The van der Waals surface area contributed by atoms with Gasteiger partial charge in [-0.15, -0.1) is 0 Å². The van der Waals surface area contributed by atoms with Gasteiger partial charge < -0.3 is 5.41 Å². The van der Waals surface area contributed by atoms with Crippen LogP contribution in [0.15, 0.2) is 12.2 Å². The molecule has 0 saturated heterocycles. The highest BCUT2D eigenvalue weighted by atomic mass is 32.2. The molecule has 3 heteroatoms. The highest BCUT2D eigenvalue weighted by molar-refractivity contribution is 8.00. The van der Waals surface area contributed by atoms with Crippen molar-refractivity contribution in [1.82, 2.24) is 0 Å². The zero-order chi connectivity index (χ0) is 19.5. The number of rotatable bonds is 16. The van der Waals surface area contributed by atoms with Crippen molar-refractivity contribution in [1.29, 1.82) is 5.41 Å². The van der Waals surface area contributed by atoms with Gasteiger partial charge in [-0.05, 0) is 107 Å². The number of unbranched alkanes of at least 4 members (excludes halogenated alkanes) is 2. The van der Waals surface area contributed by atoms with E-state index in [2.05, 4.69) is 44.0 Å². The molecule has 0 radical (unpaired) electrons. The average Bonchev–Trinajstić information content (AvgIpc) is 2.65. The Morgan fingerprint density at radius 2 is 1.22 bits per heavy atom. The standard InChI is InChI=1S/C24H43NS2/c1-19(10-6-7-17-26-23-15-13-20(23)2)9-4-5-11-22(25)12-8-18-27-24-16-14-21(24)3/h20-21,23-25H,1,4-18H2,2-3H3. The Hall–Kier alpha value is 0.110. The Bertz CT molecular complexity index is 448. The van der Waals surface area contributed by atoms with Gasteiger partial charge in [0, 0.05) is 16.2 Å². The maximum atomic E-state index is 8.15.